The Balaban J connectivity index is 1.20. The molecule has 3 aliphatic rings. The number of carbonyl (C=O) groups is 3. The first kappa shape index (κ1) is 30.7. The van der Waals surface area contributed by atoms with E-state index in [2.05, 4.69) is 15.2 Å². The summed E-state index contributed by atoms with van der Waals surface area (Å²) in [6.07, 6.45) is 9.62. The van der Waals surface area contributed by atoms with Crippen LogP contribution in [0, 0.1) is 11.6 Å². The molecule has 0 atom stereocenters. The van der Waals surface area contributed by atoms with Gasteiger partial charge in [0.05, 0.1) is 12.2 Å². The van der Waals surface area contributed by atoms with Gasteiger partial charge in [-0.2, -0.15) is 0 Å². The quantitative estimate of drug-likeness (QED) is 0.183. The van der Waals surface area contributed by atoms with Gasteiger partial charge in [0.25, 0.3) is 5.91 Å². The molecule has 1 aromatic heterocycles. The van der Waals surface area contributed by atoms with E-state index in [1.807, 2.05) is 12.1 Å². The molecule has 0 radical (unpaired) electrons. The molecule has 2 heterocycles. The van der Waals surface area contributed by atoms with E-state index in [1.54, 1.807) is 30.3 Å². The number of anilines is 1. The summed E-state index contributed by atoms with van der Waals surface area (Å²) in [4.78, 5) is 38.0. The van der Waals surface area contributed by atoms with Crippen molar-refractivity contribution >= 4 is 40.4 Å². The summed E-state index contributed by atoms with van der Waals surface area (Å²) in [7, 11) is 0. The van der Waals surface area contributed by atoms with Crippen molar-refractivity contribution in [2.24, 2.45) is 0 Å². The zero-order valence-corrected chi connectivity index (χ0v) is 25.8. The van der Waals surface area contributed by atoms with Crippen LogP contribution in [0.25, 0.3) is 28.2 Å². The number of carbonyl (C=O) groups excluding carboxylic acids is 2. The average Bonchev–Trinajstić information content (AvgIpc) is 3.26. The van der Waals surface area contributed by atoms with Crippen molar-refractivity contribution in [2.75, 3.05) is 11.9 Å². The first-order valence-corrected chi connectivity index (χ1v) is 16.2. The van der Waals surface area contributed by atoms with Gasteiger partial charge in [-0.25, -0.2) is 13.6 Å². The fourth-order valence-electron chi connectivity index (χ4n) is 7.25. The molecule has 0 spiro atoms. The number of aromatic nitrogens is 1. The third-order valence-corrected chi connectivity index (χ3v) is 9.81. The summed E-state index contributed by atoms with van der Waals surface area (Å²) in [6.45, 7) is 0.703. The van der Waals surface area contributed by atoms with E-state index < -0.39 is 23.1 Å². The number of nitrogens with one attached hydrogen (secondary N) is 2. The molecule has 242 valence electrons. The number of benzene rings is 3. The fraction of sp³-hybridized carbons (Fsp3) is 0.324. The topological polar surface area (TPSA) is 110 Å². The second kappa shape index (κ2) is 12.3. The molecule has 7 rings (SSSR count). The highest BCUT2D eigenvalue weighted by atomic mass is 19.2. The first-order chi connectivity index (χ1) is 22.7. The smallest absolute Gasteiger partial charge is 0.328 e. The second-order valence-electron chi connectivity index (χ2n) is 12.7. The van der Waals surface area contributed by atoms with Gasteiger partial charge in [0.15, 0.2) is 11.6 Å². The number of ether oxygens (including phenoxy) is 1. The van der Waals surface area contributed by atoms with E-state index in [0.29, 0.717) is 47.5 Å². The van der Waals surface area contributed by atoms with Crippen LogP contribution >= 0.6 is 0 Å². The molecule has 47 heavy (non-hydrogen) atoms. The molecule has 1 aliphatic heterocycles. The molecule has 2 fully saturated rings. The monoisotopic (exact) mass is 639 g/mol. The molecule has 3 N–H and O–H groups in total. The van der Waals surface area contributed by atoms with Gasteiger partial charge in [-0.05, 0) is 85.6 Å². The van der Waals surface area contributed by atoms with Crippen LogP contribution in [0.1, 0.15) is 78.8 Å². The van der Waals surface area contributed by atoms with Crippen LogP contribution in [-0.2, 0) is 16.1 Å². The number of amides is 2. The lowest BCUT2D eigenvalue weighted by molar-refractivity contribution is -0.131. The Bertz CT molecular complexity index is 1920. The number of carboxylic acids is 1. The molecule has 0 saturated heterocycles. The number of carboxylic acid groups (broad SMARTS) is 1. The van der Waals surface area contributed by atoms with Gasteiger partial charge in [-0.15, -0.1) is 0 Å². The van der Waals surface area contributed by atoms with Gasteiger partial charge in [0.1, 0.15) is 17.9 Å². The first-order valence-electron chi connectivity index (χ1n) is 16.2. The third kappa shape index (κ3) is 5.77. The summed E-state index contributed by atoms with van der Waals surface area (Å²) < 4.78 is 36.9. The van der Waals surface area contributed by atoms with Crippen LogP contribution in [0.3, 0.4) is 0 Å². The van der Waals surface area contributed by atoms with Crippen LogP contribution < -0.4 is 15.4 Å². The van der Waals surface area contributed by atoms with Gasteiger partial charge in [0.2, 0.25) is 5.91 Å². The Labute approximate surface area is 270 Å². The summed E-state index contributed by atoms with van der Waals surface area (Å²) in [5.41, 5.74) is 3.78. The maximum absolute atomic E-state index is 14.7. The van der Waals surface area contributed by atoms with E-state index in [4.69, 9.17) is 9.84 Å². The van der Waals surface area contributed by atoms with Crippen LogP contribution in [0.5, 0.6) is 5.75 Å². The summed E-state index contributed by atoms with van der Waals surface area (Å²) in [5, 5.41) is 15.7. The van der Waals surface area contributed by atoms with Gasteiger partial charge in [-0.1, -0.05) is 37.5 Å². The van der Waals surface area contributed by atoms with Crippen LogP contribution in [-0.4, -0.2) is 39.6 Å². The lowest BCUT2D eigenvalue weighted by Crippen LogP contribution is -2.61. The van der Waals surface area contributed by atoms with Gasteiger partial charge in [-0.3, -0.25) is 9.59 Å². The van der Waals surface area contributed by atoms with E-state index in [9.17, 15) is 23.2 Å². The number of hydrogen-bond donors (Lipinski definition) is 3. The zero-order valence-electron chi connectivity index (χ0n) is 25.8. The number of hydrogen-bond acceptors (Lipinski definition) is 4. The Hall–Kier alpha value is -4.99. The molecule has 2 amide bonds. The van der Waals surface area contributed by atoms with Crippen molar-refractivity contribution in [1.82, 2.24) is 9.88 Å². The normalized spacial score (nSPS) is 17.2. The highest BCUT2D eigenvalue weighted by Crippen LogP contribution is 2.47. The maximum Gasteiger partial charge on any atom is 0.328 e. The summed E-state index contributed by atoms with van der Waals surface area (Å²) in [6, 6.07) is 14.7. The molecular weight excluding hydrogens is 604 g/mol. The Morgan fingerprint density at radius 1 is 0.936 bits per heavy atom. The summed E-state index contributed by atoms with van der Waals surface area (Å²) in [5.74, 6) is -3.07. The molecule has 3 aromatic carbocycles. The van der Waals surface area contributed by atoms with E-state index >= 15 is 0 Å². The minimum Gasteiger partial charge on any atom is -0.491 e. The van der Waals surface area contributed by atoms with Crippen molar-refractivity contribution in [3.8, 4) is 17.0 Å². The molecular formula is C37H35F2N3O5. The molecule has 10 heteroatoms. The van der Waals surface area contributed by atoms with Crippen LogP contribution in [0.4, 0.5) is 14.5 Å². The SMILES string of the molecule is O=C(O)C=Cc1ccc(NC(=O)C2(NC(=O)c3ccc4c(C5CCCCC5)c5n(c4c3)CCOc3cc(F)c(F)cc3-5)CCC2)cc1. The van der Waals surface area contributed by atoms with Crippen molar-refractivity contribution in [2.45, 2.75) is 69.4 Å². The zero-order chi connectivity index (χ0) is 32.7. The fourth-order valence-corrected chi connectivity index (χ4v) is 7.25. The number of rotatable bonds is 7. The molecule has 8 nitrogen and oxygen atoms in total. The number of fused-ring (bicyclic) bond motifs is 5. The minimum atomic E-state index is -1.06. The van der Waals surface area contributed by atoms with Gasteiger partial charge in [0, 0.05) is 39.9 Å². The standard InChI is InChI=1S/C37H35F2N3O5/c38-28-20-27-31(21-29(28)39)47-18-17-42-30-19-24(10-13-26(30)33(34(27)42)23-5-2-1-3-6-23)35(45)41-37(15-4-16-37)36(46)40-25-11-7-22(8-12-25)9-14-32(43)44/h7-14,19-21,23H,1-6,15-18H2,(H,40,46)(H,41,45)(H,43,44). The van der Waals surface area contributed by atoms with E-state index in [1.165, 1.54) is 18.6 Å². The minimum absolute atomic E-state index is 0.241. The Kier molecular flexibility index (Phi) is 8.03. The van der Waals surface area contributed by atoms with Crippen molar-refractivity contribution < 1.29 is 33.0 Å². The van der Waals surface area contributed by atoms with E-state index in [-0.39, 0.29) is 24.3 Å². The second-order valence-corrected chi connectivity index (χ2v) is 12.7. The van der Waals surface area contributed by atoms with E-state index in [0.717, 1.165) is 66.4 Å². The number of aliphatic carboxylic acids is 1. The summed E-state index contributed by atoms with van der Waals surface area (Å²) >= 11 is 0. The number of halogens is 2. The van der Waals surface area contributed by atoms with Crippen molar-refractivity contribution in [3.05, 3.63) is 89.0 Å². The van der Waals surface area contributed by atoms with Crippen LogP contribution in [0.15, 0.2) is 60.7 Å². The molecule has 4 aromatic rings. The molecule has 2 aliphatic carbocycles. The highest BCUT2D eigenvalue weighted by molar-refractivity contribution is 6.06. The number of nitrogens with zero attached hydrogens (tertiary/aromatic N) is 1. The Morgan fingerprint density at radius 2 is 1.68 bits per heavy atom. The molecule has 0 bridgehead atoms. The Morgan fingerprint density at radius 3 is 2.38 bits per heavy atom. The van der Waals surface area contributed by atoms with Crippen LogP contribution in [0.2, 0.25) is 0 Å². The molecule has 0 unspecified atom stereocenters. The predicted molar refractivity (Wildman–Crippen MR) is 174 cm³/mol. The van der Waals surface area contributed by atoms with Crippen molar-refractivity contribution in [3.63, 3.8) is 0 Å². The van der Waals surface area contributed by atoms with Crippen molar-refractivity contribution in [1.29, 1.82) is 0 Å². The lowest BCUT2D eigenvalue weighted by atomic mass is 9.75. The average molecular weight is 640 g/mol. The largest absolute Gasteiger partial charge is 0.491 e. The van der Waals surface area contributed by atoms with Gasteiger partial charge < -0.3 is 25.0 Å². The molecule has 2 saturated carbocycles. The highest BCUT2D eigenvalue weighted by Gasteiger charge is 2.45. The maximum atomic E-state index is 14.7. The third-order valence-electron chi connectivity index (χ3n) is 9.81. The predicted octanol–water partition coefficient (Wildman–Crippen LogP) is 7.42. The lowest BCUT2D eigenvalue weighted by Gasteiger charge is -2.40. The van der Waals surface area contributed by atoms with Gasteiger partial charge >= 0.3 is 5.97 Å².